The van der Waals surface area contributed by atoms with Gasteiger partial charge in [-0.1, -0.05) is 31.2 Å². The van der Waals surface area contributed by atoms with Crippen molar-refractivity contribution in [2.24, 2.45) is 4.99 Å². The van der Waals surface area contributed by atoms with Gasteiger partial charge in [-0.25, -0.2) is 18.8 Å². The maximum atomic E-state index is 14.8. The number of aromatic nitrogens is 1. The lowest BCUT2D eigenvalue weighted by Gasteiger charge is -2.26. The zero-order valence-corrected chi connectivity index (χ0v) is 16.2. The van der Waals surface area contributed by atoms with Crippen LogP contribution in [-0.4, -0.2) is 10.9 Å². The molecular formula is C21H17F3N4S. The minimum absolute atomic E-state index is 0.149. The molecule has 1 atom stereocenters. The van der Waals surface area contributed by atoms with Gasteiger partial charge in [-0.3, -0.25) is 4.72 Å². The van der Waals surface area contributed by atoms with Crippen molar-refractivity contribution < 1.29 is 13.2 Å². The normalized spacial score (nSPS) is 15.4. The van der Waals surface area contributed by atoms with E-state index < -0.39 is 17.7 Å². The zero-order chi connectivity index (χ0) is 20.4. The fourth-order valence-corrected chi connectivity index (χ4v) is 3.93. The highest BCUT2D eigenvalue weighted by atomic mass is 32.2. The summed E-state index contributed by atoms with van der Waals surface area (Å²) >= 11 is 1.28. The molecule has 0 bridgehead atoms. The molecular weight excluding hydrogens is 397 g/mol. The molecule has 1 unspecified atom stereocenters. The van der Waals surface area contributed by atoms with Crippen LogP contribution in [0.1, 0.15) is 29.7 Å². The van der Waals surface area contributed by atoms with Gasteiger partial charge in [-0.15, -0.1) is 0 Å². The fourth-order valence-electron chi connectivity index (χ4n) is 3.21. The summed E-state index contributed by atoms with van der Waals surface area (Å²) in [6.07, 6.45) is 0. The second-order valence-electron chi connectivity index (χ2n) is 6.52. The summed E-state index contributed by atoms with van der Waals surface area (Å²) in [5.74, 6) is -1.51. The summed E-state index contributed by atoms with van der Waals surface area (Å²) < 4.78 is 45.3. The number of nitrogens with one attached hydrogen (secondary N) is 2. The number of anilines is 1. The highest BCUT2D eigenvalue weighted by Crippen LogP contribution is 2.40. The quantitative estimate of drug-likeness (QED) is 0.453. The van der Waals surface area contributed by atoms with Crippen LogP contribution < -0.4 is 10.0 Å². The Morgan fingerprint density at radius 1 is 1.00 bits per heavy atom. The van der Waals surface area contributed by atoms with E-state index in [1.54, 1.807) is 43.3 Å². The van der Waals surface area contributed by atoms with Crippen molar-refractivity contribution in [1.29, 1.82) is 0 Å². The Labute approximate surface area is 170 Å². The summed E-state index contributed by atoms with van der Waals surface area (Å²) in [6.45, 7) is 1.91. The molecule has 0 fully saturated rings. The van der Waals surface area contributed by atoms with Gasteiger partial charge >= 0.3 is 0 Å². The molecule has 2 heterocycles. The average molecular weight is 414 g/mol. The Morgan fingerprint density at radius 2 is 1.83 bits per heavy atom. The number of benzene rings is 2. The molecule has 4 nitrogen and oxygen atoms in total. The summed E-state index contributed by atoms with van der Waals surface area (Å²) in [6, 6.07) is 13.9. The minimum Gasteiger partial charge on any atom is -0.324 e. The van der Waals surface area contributed by atoms with Gasteiger partial charge in [-0.2, -0.15) is 4.39 Å². The van der Waals surface area contributed by atoms with Crippen LogP contribution in [0.3, 0.4) is 0 Å². The fraction of sp³-hybridized carbons (Fsp3) is 0.143. The lowest BCUT2D eigenvalue weighted by atomic mass is 9.91. The third-order valence-corrected chi connectivity index (χ3v) is 5.49. The van der Waals surface area contributed by atoms with Crippen LogP contribution in [0.5, 0.6) is 0 Å². The number of fused-ring (bicyclic) bond motifs is 1. The molecule has 2 aromatic carbocycles. The van der Waals surface area contributed by atoms with Crippen LogP contribution in [0.2, 0.25) is 0 Å². The maximum Gasteiger partial charge on any atom is 0.213 e. The summed E-state index contributed by atoms with van der Waals surface area (Å²) in [4.78, 5) is 8.91. The molecule has 1 aliphatic heterocycles. The van der Waals surface area contributed by atoms with E-state index in [-0.39, 0.29) is 12.4 Å². The molecule has 148 valence electrons. The van der Waals surface area contributed by atoms with Crippen LogP contribution in [0.15, 0.2) is 64.5 Å². The molecule has 0 amide bonds. The first-order valence-corrected chi connectivity index (χ1v) is 9.77. The molecule has 0 spiro atoms. The number of rotatable bonds is 4. The molecule has 0 saturated carbocycles. The molecule has 3 aromatic rings. The van der Waals surface area contributed by atoms with Crippen LogP contribution in [-0.2, 0) is 6.54 Å². The Balaban J connectivity index is 1.66. The Kier molecular flexibility index (Phi) is 5.44. The van der Waals surface area contributed by atoms with Gasteiger partial charge in [0.2, 0.25) is 11.9 Å². The molecule has 0 saturated heterocycles. The first-order valence-electron chi connectivity index (χ1n) is 8.95. The van der Waals surface area contributed by atoms with E-state index in [1.807, 2.05) is 0 Å². The van der Waals surface area contributed by atoms with Gasteiger partial charge in [0.25, 0.3) is 0 Å². The predicted molar refractivity (Wildman–Crippen MR) is 108 cm³/mol. The number of hydrogen-bond acceptors (Lipinski definition) is 3. The van der Waals surface area contributed by atoms with E-state index in [4.69, 9.17) is 0 Å². The lowest BCUT2D eigenvalue weighted by Crippen LogP contribution is -2.30. The minimum atomic E-state index is -0.574. The highest BCUT2D eigenvalue weighted by Gasteiger charge is 2.25. The second-order valence-corrected chi connectivity index (χ2v) is 7.37. The lowest BCUT2D eigenvalue weighted by molar-refractivity contribution is 0.576. The molecule has 8 heteroatoms. The van der Waals surface area contributed by atoms with E-state index in [2.05, 4.69) is 20.0 Å². The van der Waals surface area contributed by atoms with Crippen molar-refractivity contribution in [2.45, 2.75) is 24.3 Å². The number of hydrogen-bond donors (Lipinski definition) is 2. The molecule has 1 aromatic heterocycles. The number of aliphatic imine (C=N–C) groups is 1. The number of halogens is 3. The molecule has 1 aliphatic rings. The predicted octanol–water partition coefficient (Wildman–Crippen LogP) is 5.23. The first kappa shape index (κ1) is 19.3. The van der Waals surface area contributed by atoms with Gasteiger partial charge in [0.1, 0.15) is 11.6 Å². The highest BCUT2D eigenvalue weighted by molar-refractivity contribution is 7.98. The van der Waals surface area contributed by atoms with Gasteiger partial charge in [0.15, 0.2) is 0 Å². The van der Waals surface area contributed by atoms with Gasteiger partial charge in [-0.05, 0) is 47.8 Å². The summed E-state index contributed by atoms with van der Waals surface area (Å²) in [7, 11) is 0. The standard InChI is InChI=1S/C21H17F3N4S/c1-12(14-6-2-3-7-15(14)22)19-16(23)9-10-17-20(19)27-21(28-29-17)25-11-13-5-4-8-18(24)26-13/h2-10,12H,11H2,1H3,(H2,25,27,28). The smallest absolute Gasteiger partial charge is 0.213 e. The van der Waals surface area contributed by atoms with Gasteiger partial charge in [0, 0.05) is 11.5 Å². The number of guanidine groups is 1. The third-order valence-electron chi connectivity index (χ3n) is 4.63. The molecule has 2 N–H and O–H groups in total. The Hall–Kier alpha value is -3.00. The van der Waals surface area contributed by atoms with E-state index in [0.717, 1.165) is 4.90 Å². The summed E-state index contributed by atoms with van der Waals surface area (Å²) in [5.41, 5.74) is 1.78. The van der Waals surface area contributed by atoms with Crippen LogP contribution >= 0.6 is 11.9 Å². The molecule has 29 heavy (non-hydrogen) atoms. The zero-order valence-electron chi connectivity index (χ0n) is 15.4. The van der Waals surface area contributed by atoms with Crippen LogP contribution in [0.25, 0.3) is 0 Å². The van der Waals surface area contributed by atoms with Gasteiger partial charge in [0.05, 0.1) is 22.8 Å². The van der Waals surface area contributed by atoms with Crippen molar-refractivity contribution in [3.8, 4) is 0 Å². The van der Waals surface area contributed by atoms with Crippen LogP contribution in [0.4, 0.5) is 18.9 Å². The maximum absolute atomic E-state index is 14.8. The Bertz CT molecular complexity index is 1090. The molecule has 0 radical (unpaired) electrons. The molecule has 0 aliphatic carbocycles. The van der Waals surface area contributed by atoms with E-state index >= 15 is 0 Å². The first-order chi connectivity index (χ1) is 14.0. The second kappa shape index (κ2) is 8.16. The molecule has 4 rings (SSSR count). The van der Waals surface area contributed by atoms with Crippen molar-refractivity contribution in [2.75, 3.05) is 5.32 Å². The van der Waals surface area contributed by atoms with E-state index in [0.29, 0.717) is 28.5 Å². The topological polar surface area (TPSA) is 49.3 Å². The van der Waals surface area contributed by atoms with E-state index in [9.17, 15) is 13.2 Å². The van der Waals surface area contributed by atoms with Crippen molar-refractivity contribution in [3.05, 3.63) is 89.0 Å². The number of nitrogens with zero attached hydrogens (tertiary/aromatic N) is 2. The SMILES string of the molecule is CC(c1ccccc1F)c1c(F)ccc2c1NC(=NCc1cccc(F)n1)NS2. The summed E-state index contributed by atoms with van der Waals surface area (Å²) in [5, 5.41) is 3.10. The van der Waals surface area contributed by atoms with Gasteiger partial charge < -0.3 is 5.32 Å². The third kappa shape index (κ3) is 4.07. The number of pyridine rings is 1. The van der Waals surface area contributed by atoms with Crippen molar-refractivity contribution >= 4 is 23.6 Å². The average Bonchev–Trinajstić information content (AvgIpc) is 2.72. The van der Waals surface area contributed by atoms with Crippen molar-refractivity contribution in [1.82, 2.24) is 9.71 Å². The van der Waals surface area contributed by atoms with Crippen molar-refractivity contribution in [3.63, 3.8) is 0 Å². The van der Waals surface area contributed by atoms with E-state index in [1.165, 1.54) is 30.1 Å². The largest absolute Gasteiger partial charge is 0.324 e. The monoisotopic (exact) mass is 414 g/mol. The Morgan fingerprint density at radius 3 is 2.62 bits per heavy atom. The van der Waals surface area contributed by atoms with Crippen LogP contribution in [0, 0.1) is 17.6 Å².